The zero-order valence-corrected chi connectivity index (χ0v) is 15.8. The highest BCUT2D eigenvalue weighted by Gasteiger charge is 2.13. The molecule has 0 aliphatic carbocycles. The number of anilines is 2. The number of pyridine rings is 1. The zero-order chi connectivity index (χ0) is 18.4. The van der Waals surface area contributed by atoms with Gasteiger partial charge in [-0.15, -0.1) is 0 Å². The molecule has 0 spiro atoms. The highest BCUT2D eigenvalue weighted by atomic mass is 16.1. The van der Waals surface area contributed by atoms with Gasteiger partial charge in [0.05, 0.1) is 0 Å². The summed E-state index contributed by atoms with van der Waals surface area (Å²) in [4.78, 5) is 18.5. The number of carbonyl (C=O) groups is 1. The molecule has 0 bridgehead atoms. The van der Waals surface area contributed by atoms with Crippen LogP contribution in [0.25, 0.3) is 0 Å². The standard InChI is InChI=1S/C20H28N4O/c1-20(2,3)16-6-8-17(9-7-16)23-18-14-15(10-11-21-18)19(25)22-12-13-24(4)5/h6-11,14H,12-13H2,1-5H3,(H,21,23)(H,22,25). The molecule has 0 radical (unpaired) electrons. The van der Waals surface area contributed by atoms with Gasteiger partial charge in [-0.25, -0.2) is 4.98 Å². The second kappa shape index (κ2) is 8.12. The molecule has 2 aromatic rings. The Kier molecular flexibility index (Phi) is 6.15. The molecule has 1 aromatic heterocycles. The average Bonchev–Trinajstić information content (AvgIpc) is 2.54. The van der Waals surface area contributed by atoms with Crippen molar-refractivity contribution in [3.63, 3.8) is 0 Å². The van der Waals surface area contributed by atoms with E-state index in [4.69, 9.17) is 0 Å². The lowest BCUT2D eigenvalue weighted by Crippen LogP contribution is -2.31. The number of nitrogens with zero attached hydrogens (tertiary/aromatic N) is 2. The molecule has 1 aromatic carbocycles. The second-order valence-corrected chi connectivity index (χ2v) is 7.44. The molecule has 2 rings (SSSR count). The van der Waals surface area contributed by atoms with Crippen LogP contribution in [0.15, 0.2) is 42.6 Å². The molecule has 0 saturated carbocycles. The van der Waals surface area contributed by atoms with Crippen molar-refractivity contribution in [2.24, 2.45) is 0 Å². The number of nitrogens with one attached hydrogen (secondary N) is 2. The monoisotopic (exact) mass is 340 g/mol. The summed E-state index contributed by atoms with van der Waals surface area (Å²) in [5.41, 5.74) is 2.95. The Hall–Kier alpha value is -2.40. The van der Waals surface area contributed by atoms with Gasteiger partial charge in [0.2, 0.25) is 0 Å². The first-order valence-electron chi connectivity index (χ1n) is 8.52. The number of likely N-dealkylation sites (N-methyl/N-ethyl adjacent to an activating group) is 1. The van der Waals surface area contributed by atoms with E-state index in [-0.39, 0.29) is 11.3 Å². The van der Waals surface area contributed by atoms with Crippen molar-refractivity contribution in [2.75, 3.05) is 32.5 Å². The molecule has 0 atom stereocenters. The molecular formula is C20H28N4O. The predicted molar refractivity (Wildman–Crippen MR) is 104 cm³/mol. The topological polar surface area (TPSA) is 57.3 Å². The average molecular weight is 340 g/mol. The predicted octanol–water partition coefficient (Wildman–Crippen LogP) is 3.41. The summed E-state index contributed by atoms with van der Waals surface area (Å²) in [5, 5.41) is 6.16. The third kappa shape index (κ3) is 5.87. The van der Waals surface area contributed by atoms with Gasteiger partial charge in [-0.3, -0.25) is 4.79 Å². The quantitative estimate of drug-likeness (QED) is 0.846. The van der Waals surface area contributed by atoms with E-state index in [2.05, 4.69) is 48.5 Å². The molecule has 1 heterocycles. The minimum absolute atomic E-state index is 0.0876. The Morgan fingerprint density at radius 3 is 2.40 bits per heavy atom. The number of carbonyl (C=O) groups excluding carboxylic acids is 1. The van der Waals surface area contributed by atoms with Crippen molar-refractivity contribution in [1.82, 2.24) is 15.2 Å². The Bertz CT molecular complexity index is 702. The number of hydrogen-bond donors (Lipinski definition) is 2. The number of hydrogen-bond acceptors (Lipinski definition) is 4. The fourth-order valence-corrected chi connectivity index (χ4v) is 2.34. The lowest BCUT2D eigenvalue weighted by Gasteiger charge is -2.19. The van der Waals surface area contributed by atoms with Crippen LogP contribution < -0.4 is 10.6 Å². The van der Waals surface area contributed by atoms with Gasteiger partial charge in [-0.1, -0.05) is 32.9 Å². The normalized spacial score (nSPS) is 11.4. The fraction of sp³-hybridized carbons (Fsp3) is 0.400. The summed E-state index contributed by atoms with van der Waals surface area (Å²) in [5.74, 6) is 0.569. The SMILES string of the molecule is CN(C)CCNC(=O)c1ccnc(Nc2ccc(C(C)(C)C)cc2)c1. The van der Waals surface area contributed by atoms with Crippen molar-refractivity contribution in [1.29, 1.82) is 0 Å². The van der Waals surface area contributed by atoms with Crippen LogP contribution in [0.1, 0.15) is 36.7 Å². The van der Waals surface area contributed by atoms with E-state index in [0.29, 0.717) is 17.9 Å². The Balaban J connectivity index is 2.02. The van der Waals surface area contributed by atoms with Gasteiger partial charge in [0.15, 0.2) is 0 Å². The molecule has 0 aliphatic heterocycles. The smallest absolute Gasteiger partial charge is 0.251 e. The van der Waals surface area contributed by atoms with Crippen LogP contribution in [-0.4, -0.2) is 43.0 Å². The molecule has 0 saturated heterocycles. The Labute approximate surface area is 150 Å². The van der Waals surface area contributed by atoms with Gasteiger partial charge in [-0.2, -0.15) is 0 Å². The molecule has 5 nitrogen and oxygen atoms in total. The van der Waals surface area contributed by atoms with Crippen molar-refractivity contribution < 1.29 is 4.79 Å². The minimum Gasteiger partial charge on any atom is -0.351 e. The van der Waals surface area contributed by atoms with Crippen LogP contribution in [0.3, 0.4) is 0 Å². The molecule has 1 amide bonds. The summed E-state index contributed by atoms with van der Waals surface area (Å²) in [7, 11) is 3.96. The van der Waals surface area contributed by atoms with Gasteiger partial charge in [0, 0.05) is 30.5 Å². The number of rotatable bonds is 6. The molecule has 5 heteroatoms. The van der Waals surface area contributed by atoms with E-state index in [1.165, 1.54) is 5.56 Å². The summed E-state index contributed by atoms with van der Waals surface area (Å²) < 4.78 is 0. The number of benzene rings is 1. The summed E-state index contributed by atoms with van der Waals surface area (Å²) in [6.07, 6.45) is 1.65. The Morgan fingerprint density at radius 1 is 1.12 bits per heavy atom. The maximum Gasteiger partial charge on any atom is 0.251 e. The molecule has 0 unspecified atom stereocenters. The molecule has 134 valence electrons. The first-order valence-corrected chi connectivity index (χ1v) is 8.52. The Morgan fingerprint density at radius 2 is 1.80 bits per heavy atom. The summed E-state index contributed by atoms with van der Waals surface area (Å²) >= 11 is 0. The lowest BCUT2D eigenvalue weighted by molar-refractivity contribution is 0.0951. The first-order chi connectivity index (χ1) is 11.8. The maximum atomic E-state index is 12.2. The van der Waals surface area contributed by atoms with Gasteiger partial charge in [0.25, 0.3) is 5.91 Å². The van der Waals surface area contributed by atoms with Gasteiger partial charge >= 0.3 is 0 Å². The van der Waals surface area contributed by atoms with Crippen molar-refractivity contribution >= 4 is 17.4 Å². The minimum atomic E-state index is -0.0876. The third-order valence-corrected chi connectivity index (χ3v) is 3.89. The van der Waals surface area contributed by atoms with Crippen molar-refractivity contribution in [2.45, 2.75) is 26.2 Å². The van der Waals surface area contributed by atoms with Gasteiger partial charge in [0.1, 0.15) is 5.82 Å². The van der Waals surface area contributed by atoms with Crippen LogP contribution in [0.2, 0.25) is 0 Å². The first kappa shape index (κ1) is 18.9. The van der Waals surface area contributed by atoms with Crippen molar-refractivity contribution in [3.8, 4) is 0 Å². The molecule has 2 N–H and O–H groups in total. The van der Waals surface area contributed by atoms with E-state index in [9.17, 15) is 4.79 Å². The zero-order valence-electron chi connectivity index (χ0n) is 15.8. The van der Waals surface area contributed by atoms with Crippen LogP contribution >= 0.6 is 0 Å². The number of amides is 1. The van der Waals surface area contributed by atoms with E-state index in [1.807, 2.05) is 31.1 Å². The van der Waals surface area contributed by atoms with Crippen LogP contribution in [0, 0.1) is 0 Å². The van der Waals surface area contributed by atoms with E-state index >= 15 is 0 Å². The van der Waals surface area contributed by atoms with Crippen LogP contribution in [0.5, 0.6) is 0 Å². The van der Waals surface area contributed by atoms with Gasteiger partial charge in [-0.05, 0) is 49.3 Å². The number of aromatic nitrogens is 1. The largest absolute Gasteiger partial charge is 0.351 e. The third-order valence-electron chi connectivity index (χ3n) is 3.89. The van der Waals surface area contributed by atoms with E-state index in [0.717, 1.165) is 12.2 Å². The van der Waals surface area contributed by atoms with Gasteiger partial charge < -0.3 is 15.5 Å². The molecule has 0 aliphatic rings. The van der Waals surface area contributed by atoms with Crippen LogP contribution in [-0.2, 0) is 5.41 Å². The van der Waals surface area contributed by atoms with Crippen molar-refractivity contribution in [3.05, 3.63) is 53.7 Å². The second-order valence-electron chi connectivity index (χ2n) is 7.44. The fourth-order valence-electron chi connectivity index (χ4n) is 2.34. The molecule has 0 fully saturated rings. The molecular weight excluding hydrogens is 312 g/mol. The molecule has 25 heavy (non-hydrogen) atoms. The van der Waals surface area contributed by atoms with E-state index < -0.39 is 0 Å². The summed E-state index contributed by atoms with van der Waals surface area (Å²) in [6.45, 7) is 7.99. The highest BCUT2D eigenvalue weighted by Crippen LogP contribution is 2.24. The maximum absolute atomic E-state index is 12.2. The summed E-state index contributed by atoms with van der Waals surface area (Å²) in [6, 6.07) is 11.8. The van der Waals surface area contributed by atoms with Crippen LogP contribution in [0.4, 0.5) is 11.5 Å². The lowest BCUT2D eigenvalue weighted by atomic mass is 9.87. The van der Waals surface area contributed by atoms with E-state index in [1.54, 1.807) is 18.3 Å². The highest BCUT2D eigenvalue weighted by molar-refractivity contribution is 5.94.